The molecule has 0 aliphatic heterocycles. The van der Waals surface area contributed by atoms with Crippen LogP contribution in [0.25, 0.3) is 25.1 Å². The Kier molecular flexibility index (Phi) is 5.58. The number of fused-ring (bicyclic) bond motifs is 3. The van der Waals surface area contributed by atoms with E-state index in [4.69, 9.17) is 11.6 Å². The molecule has 4 rings (SSSR count). The van der Waals surface area contributed by atoms with Crippen LogP contribution in [0.3, 0.4) is 0 Å². The van der Waals surface area contributed by atoms with Crippen LogP contribution in [0.2, 0.25) is 5.02 Å². The van der Waals surface area contributed by atoms with Gasteiger partial charge >= 0.3 is 33.0 Å². The van der Waals surface area contributed by atoms with Crippen molar-refractivity contribution in [1.29, 1.82) is 0 Å². The number of hydrogen-bond donors (Lipinski definition) is 0. The van der Waals surface area contributed by atoms with E-state index in [0.29, 0.717) is 0 Å². The van der Waals surface area contributed by atoms with Crippen molar-refractivity contribution in [2.45, 2.75) is 0 Å². The fourth-order valence-corrected chi connectivity index (χ4v) is 5.91. The maximum absolute atomic E-state index is 10.7. The zero-order valence-electron chi connectivity index (χ0n) is 14.0. The Balaban J connectivity index is 0.000000298. The van der Waals surface area contributed by atoms with Crippen molar-refractivity contribution in [3.05, 3.63) is 74.6 Å². The van der Waals surface area contributed by atoms with E-state index in [1.165, 1.54) is 25.1 Å². The summed E-state index contributed by atoms with van der Waals surface area (Å²) in [6, 6.07) is 21.3. The van der Waals surface area contributed by atoms with Crippen molar-refractivity contribution >= 4 is 81.9 Å². The van der Waals surface area contributed by atoms with Gasteiger partial charge in [-0.3, -0.25) is 0 Å². The quantitative estimate of drug-likeness (QED) is 0.116. The molecule has 1 aromatic heterocycles. The maximum atomic E-state index is 9.87. The molecule has 0 aliphatic rings. The van der Waals surface area contributed by atoms with Gasteiger partial charge < -0.3 is 0 Å². The second-order valence-corrected chi connectivity index (χ2v) is 12.1. The van der Waals surface area contributed by atoms with Gasteiger partial charge in [0, 0.05) is 47.3 Å². The Morgan fingerprint density at radius 1 is 0.655 bits per heavy atom. The Morgan fingerprint density at radius 3 is 1.41 bits per heavy atom. The van der Waals surface area contributed by atoms with Gasteiger partial charge in [0.1, 0.15) is 0 Å². The number of hydrogen-bond acceptors (Lipinski definition) is 0. The minimum atomic E-state index is -10.7. The second-order valence-electron chi connectivity index (χ2n) is 6.00. The van der Waals surface area contributed by atoms with Crippen molar-refractivity contribution < 1.29 is 25.2 Å². The average molecular weight is 599 g/mol. The Hall–Kier alpha value is -0.860. The van der Waals surface area contributed by atoms with Crippen LogP contribution in [0, 0.1) is 0 Å². The predicted molar refractivity (Wildman–Crippen MR) is 119 cm³/mol. The van der Waals surface area contributed by atoms with Crippen LogP contribution in [-0.2, 0) is 0 Å². The van der Waals surface area contributed by atoms with Crippen molar-refractivity contribution in [2.75, 3.05) is 0 Å². The SMILES string of the molecule is Clc1ccc(-[s+]2c3ccc(Br)cc3c3cc(Br)ccc32)cc1.F[P-](F)(F)(F)(F)F. The molecule has 0 radical (unpaired) electrons. The molecular weight excluding hydrogens is 588 g/mol. The molecule has 0 saturated carbocycles. The van der Waals surface area contributed by atoms with Gasteiger partial charge in [-0.25, -0.2) is 0 Å². The summed E-state index contributed by atoms with van der Waals surface area (Å²) < 4.78 is 64.2. The first-order chi connectivity index (χ1) is 13.1. The molecular formula is C18H10Br2ClF6PS. The van der Waals surface area contributed by atoms with Gasteiger partial charge in [-0.2, -0.15) is 0 Å². The molecule has 0 N–H and O–H groups in total. The van der Waals surface area contributed by atoms with Crippen molar-refractivity contribution in [2.24, 2.45) is 0 Å². The summed E-state index contributed by atoms with van der Waals surface area (Å²) in [6.45, 7) is 0. The first-order valence-corrected chi connectivity index (χ1v) is 13.0. The summed E-state index contributed by atoms with van der Waals surface area (Å²) in [6.07, 6.45) is 0. The first kappa shape index (κ1) is 22.8. The summed E-state index contributed by atoms with van der Waals surface area (Å²) >= 11 is 13.2. The molecule has 3 aromatic carbocycles. The molecule has 0 amide bonds. The molecule has 4 aromatic rings. The fraction of sp³-hybridized carbons (Fsp3) is 0. The van der Waals surface area contributed by atoms with E-state index in [2.05, 4.69) is 80.4 Å². The third-order valence-corrected chi connectivity index (χ3v) is 7.24. The van der Waals surface area contributed by atoms with Gasteiger partial charge in [0.15, 0.2) is 14.3 Å². The zero-order valence-corrected chi connectivity index (χ0v) is 19.7. The third kappa shape index (κ3) is 6.56. The van der Waals surface area contributed by atoms with Crippen LogP contribution in [-0.4, -0.2) is 0 Å². The molecule has 11 heteroatoms. The fourth-order valence-electron chi connectivity index (χ4n) is 2.72. The molecule has 0 fully saturated rings. The van der Waals surface area contributed by atoms with Crippen molar-refractivity contribution in [3.8, 4) is 4.90 Å². The number of benzene rings is 3. The molecule has 0 aliphatic carbocycles. The van der Waals surface area contributed by atoms with E-state index >= 15 is 0 Å². The van der Waals surface area contributed by atoms with Gasteiger partial charge in [-0.15, -0.1) is 0 Å². The first-order valence-electron chi connectivity index (χ1n) is 7.74. The Bertz CT molecular complexity index is 1150. The molecule has 0 unspecified atom stereocenters. The molecule has 29 heavy (non-hydrogen) atoms. The van der Waals surface area contributed by atoms with Crippen LogP contribution >= 0.6 is 61.7 Å². The number of thiophene rings is 1. The Labute approximate surface area is 185 Å². The second kappa shape index (κ2) is 7.09. The summed E-state index contributed by atoms with van der Waals surface area (Å²) in [5.41, 5.74) is 0. The van der Waals surface area contributed by atoms with Crippen LogP contribution in [0.1, 0.15) is 0 Å². The summed E-state index contributed by atoms with van der Waals surface area (Å²) in [7, 11) is -10.7. The monoisotopic (exact) mass is 596 g/mol. The van der Waals surface area contributed by atoms with Gasteiger partial charge in [-0.1, -0.05) is 43.5 Å². The molecule has 0 saturated heterocycles. The van der Waals surface area contributed by atoms with E-state index in [1.54, 1.807) is 0 Å². The van der Waals surface area contributed by atoms with Gasteiger partial charge in [0.05, 0.1) is 0 Å². The van der Waals surface area contributed by atoms with E-state index in [9.17, 15) is 25.2 Å². The van der Waals surface area contributed by atoms with Crippen LogP contribution in [0.5, 0.6) is 0 Å². The van der Waals surface area contributed by atoms with Crippen LogP contribution in [0.4, 0.5) is 25.2 Å². The summed E-state index contributed by atoms with van der Waals surface area (Å²) in [4.78, 5) is 1.30. The van der Waals surface area contributed by atoms with Crippen LogP contribution < -0.4 is 0 Å². The topological polar surface area (TPSA) is 0 Å². The van der Waals surface area contributed by atoms with Crippen LogP contribution in [0.15, 0.2) is 69.6 Å². The molecule has 0 nitrogen and oxygen atoms in total. The molecule has 156 valence electrons. The normalized spacial score (nSPS) is 14.2. The van der Waals surface area contributed by atoms with E-state index in [1.807, 2.05) is 12.1 Å². The van der Waals surface area contributed by atoms with Gasteiger partial charge in [0.25, 0.3) is 0 Å². The molecule has 0 spiro atoms. The van der Waals surface area contributed by atoms with Crippen molar-refractivity contribution in [1.82, 2.24) is 0 Å². The Morgan fingerprint density at radius 2 is 1.03 bits per heavy atom. The van der Waals surface area contributed by atoms with E-state index < -0.39 is 7.81 Å². The van der Waals surface area contributed by atoms with E-state index in [-0.39, 0.29) is 10.5 Å². The van der Waals surface area contributed by atoms with Crippen molar-refractivity contribution in [3.63, 3.8) is 0 Å². The average Bonchev–Trinajstić information content (AvgIpc) is 2.86. The van der Waals surface area contributed by atoms with Gasteiger partial charge in [-0.05, 0) is 48.5 Å². The minimum absolute atomic E-state index is 0.0657. The summed E-state index contributed by atoms with van der Waals surface area (Å²) in [5.74, 6) is 0. The standard InChI is InChI=1S/C18H10Br2ClS.F6P/c19-11-1-7-17-15(9-11)16-10-12(20)2-8-18(16)22(17)14-5-3-13(21)4-6-14;1-7(2,3,4,5)6/h1-10H;/q+1;-1. The molecule has 0 bridgehead atoms. The van der Waals surface area contributed by atoms with Gasteiger partial charge in [0.2, 0.25) is 0 Å². The zero-order chi connectivity index (χ0) is 21.7. The predicted octanol–water partition coefficient (Wildman–Crippen LogP) is 11.3. The number of halogens is 9. The summed E-state index contributed by atoms with van der Waals surface area (Å²) in [5, 5.41) is 3.39. The third-order valence-electron chi connectivity index (χ3n) is 3.66. The molecule has 1 heterocycles. The van der Waals surface area contributed by atoms with E-state index in [0.717, 1.165) is 14.0 Å². The molecule has 0 atom stereocenters. The number of rotatable bonds is 1.